The number of imidazole rings is 1. The average molecular weight is 341 g/mol. The number of amides is 1. The van der Waals surface area contributed by atoms with Crippen LogP contribution >= 0.6 is 0 Å². The zero-order chi connectivity index (χ0) is 17.8. The van der Waals surface area contributed by atoms with Gasteiger partial charge in [-0.25, -0.2) is 4.98 Å². The van der Waals surface area contributed by atoms with Crippen LogP contribution in [0.2, 0.25) is 0 Å². The Morgan fingerprint density at radius 3 is 2.72 bits per heavy atom. The maximum Gasteiger partial charge on any atom is 0.269 e. The first-order valence-electron chi connectivity index (χ1n) is 9.25. The Morgan fingerprint density at radius 1 is 1.28 bits per heavy atom. The molecule has 2 aromatic heterocycles. The van der Waals surface area contributed by atoms with Gasteiger partial charge in [0.2, 0.25) is 0 Å². The van der Waals surface area contributed by atoms with E-state index in [1.54, 1.807) is 0 Å². The molecular weight excluding hydrogens is 314 g/mol. The van der Waals surface area contributed by atoms with Gasteiger partial charge in [-0.05, 0) is 53.0 Å². The van der Waals surface area contributed by atoms with E-state index in [9.17, 15) is 4.79 Å². The van der Waals surface area contributed by atoms with Crippen LogP contribution in [0.5, 0.6) is 0 Å². The summed E-state index contributed by atoms with van der Waals surface area (Å²) in [4.78, 5) is 17.5. The Kier molecular flexibility index (Phi) is 3.74. The van der Waals surface area contributed by atoms with Gasteiger partial charge in [0.15, 0.2) is 0 Å². The molecule has 2 aliphatic rings. The molecule has 1 amide bonds. The van der Waals surface area contributed by atoms with Crippen LogP contribution in [-0.2, 0) is 18.5 Å². The molecule has 2 aromatic rings. The summed E-state index contributed by atoms with van der Waals surface area (Å²) < 4.78 is 4.06. The molecule has 6 heteroatoms. The molecule has 0 bridgehead atoms. The third-order valence-corrected chi connectivity index (χ3v) is 5.04. The molecule has 1 aliphatic carbocycles. The highest BCUT2D eigenvalue weighted by atomic mass is 16.2. The van der Waals surface area contributed by atoms with Gasteiger partial charge in [0, 0.05) is 31.1 Å². The summed E-state index contributed by atoms with van der Waals surface area (Å²) in [7, 11) is 0. The van der Waals surface area contributed by atoms with Crippen molar-refractivity contribution in [1.82, 2.24) is 24.6 Å². The summed E-state index contributed by atoms with van der Waals surface area (Å²) in [6.07, 6.45) is 6.28. The molecule has 1 fully saturated rings. The Labute approximate surface area is 148 Å². The molecular formula is C19H27N5O. The lowest BCUT2D eigenvalue weighted by Gasteiger charge is -2.26. The van der Waals surface area contributed by atoms with E-state index in [2.05, 4.69) is 41.8 Å². The van der Waals surface area contributed by atoms with Crippen molar-refractivity contribution in [2.24, 2.45) is 0 Å². The molecule has 1 saturated carbocycles. The Bertz CT molecular complexity index is 806. The van der Waals surface area contributed by atoms with Gasteiger partial charge >= 0.3 is 0 Å². The third kappa shape index (κ3) is 3.22. The van der Waals surface area contributed by atoms with Crippen molar-refractivity contribution in [3.05, 3.63) is 35.2 Å². The molecule has 1 atom stereocenters. The summed E-state index contributed by atoms with van der Waals surface area (Å²) in [6, 6.07) is 2.13. The second-order valence-corrected chi connectivity index (χ2v) is 8.47. The average Bonchev–Trinajstić information content (AvgIpc) is 3.15. The van der Waals surface area contributed by atoms with Crippen molar-refractivity contribution in [1.29, 1.82) is 0 Å². The maximum atomic E-state index is 13.0. The van der Waals surface area contributed by atoms with Crippen molar-refractivity contribution >= 4 is 5.91 Å². The second kappa shape index (κ2) is 5.71. The highest BCUT2D eigenvalue weighted by Gasteiger charge is 2.32. The molecule has 25 heavy (non-hydrogen) atoms. The first-order valence-corrected chi connectivity index (χ1v) is 9.25. The molecule has 3 heterocycles. The number of aryl methyl sites for hydroxylation is 2. The van der Waals surface area contributed by atoms with Gasteiger partial charge in [0.1, 0.15) is 11.5 Å². The van der Waals surface area contributed by atoms with Crippen molar-refractivity contribution < 1.29 is 4.79 Å². The summed E-state index contributed by atoms with van der Waals surface area (Å²) >= 11 is 0. The van der Waals surface area contributed by atoms with Crippen molar-refractivity contribution in [2.75, 3.05) is 0 Å². The summed E-state index contributed by atoms with van der Waals surface area (Å²) in [5.74, 6) is 1.65. The van der Waals surface area contributed by atoms with E-state index in [1.165, 1.54) is 12.8 Å². The van der Waals surface area contributed by atoms with Crippen LogP contribution in [0.1, 0.15) is 73.7 Å². The molecule has 134 valence electrons. The number of nitrogens with zero attached hydrogens (tertiary/aromatic N) is 4. The van der Waals surface area contributed by atoms with E-state index in [-0.39, 0.29) is 17.5 Å². The molecule has 6 nitrogen and oxygen atoms in total. The zero-order valence-electron chi connectivity index (χ0n) is 15.5. The smallest absolute Gasteiger partial charge is 0.269 e. The largest absolute Gasteiger partial charge is 0.346 e. The van der Waals surface area contributed by atoms with Crippen LogP contribution in [0.25, 0.3) is 0 Å². The molecule has 0 spiro atoms. The van der Waals surface area contributed by atoms with Crippen LogP contribution in [0, 0.1) is 6.92 Å². The lowest BCUT2D eigenvalue weighted by molar-refractivity contribution is 0.0909. The van der Waals surface area contributed by atoms with Crippen LogP contribution in [0.15, 0.2) is 12.3 Å². The summed E-state index contributed by atoms with van der Waals surface area (Å²) in [5.41, 5.74) is 2.58. The molecule has 0 aromatic carbocycles. The number of aromatic nitrogens is 4. The van der Waals surface area contributed by atoms with E-state index in [1.807, 2.05) is 17.7 Å². The van der Waals surface area contributed by atoms with Gasteiger partial charge in [-0.15, -0.1) is 0 Å². The fourth-order valence-corrected chi connectivity index (χ4v) is 3.61. The highest BCUT2D eigenvalue weighted by Crippen LogP contribution is 2.40. The van der Waals surface area contributed by atoms with E-state index in [0.717, 1.165) is 36.6 Å². The lowest BCUT2D eigenvalue weighted by Crippen LogP contribution is -2.42. The van der Waals surface area contributed by atoms with Gasteiger partial charge in [-0.3, -0.25) is 9.48 Å². The molecule has 1 N–H and O–H groups in total. The van der Waals surface area contributed by atoms with Gasteiger partial charge in [0.05, 0.1) is 16.9 Å². The number of carbonyl (C=O) groups is 1. The molecule has 0 radical (unpaired) electrons. The van der Waals surface area contributed by atoms with Crippen LogP contribution in [-0.4, -0.2) is 31.3 Å². The molecule has 1 aliphatic heterocycles. The minimum absolute atomic E-state index is 0.0142. The fourth-order valence-electron chi connectivity index (χ4n) is 3.61. The molecule has 4 rings (SSSR count). The maximum absolute atomic E-state index is 13.0. The predicted octanol–water partition coefficient (Wildman–Crippen LogP) is 2.77. The number of nitrogens with one attached hydrogen (secondary N) is 1. The Balaban J connectivity index is 1.53. The standard InChI is InChI=1S/C19H27N5O/c1-12-10-23-11-14(7-8-17(23)20-12)21-18(25)16-9-15(13-5-6-13)22-24(16)19(2,3)4/h9-10,13-14H,5-8,11H2,1-4H3,(H,21,25)/t14-/m0/s1. The van der Waals surface area contributed by atoms with Crippen molar-refractivity contribution in [3.63, 3.8) is 0 Å². The molecule has 0 saturated heterocycles. The predicted molar refractivity (Wildman–Crippen MR) is 95.7 cm³/mol. The van der Waals surface area contributed by atoms with Crippen LogP contribution in [0.4, 0.5) is 0 Å². The monoisotopic (exact) mass is 341 g/mol. The minimum atomic E-state index is -0.207. The minimum Gasteiger partial charge on any atom is -0.346 e. The lowest BCUT2D eigenvalue weighted by atomic mass is 10.1. The first-order chi connectivity index (χ1) is 11.8. The van der Waals surface area contributed by atoms with Gasteiger partial charge in [-0.2, -0.15) is 5.10 Å². The SMILES string of the molecule is Cc1cn2c(n1)CC[C@H](NC(=O)c1cc(C3CC3)nn1C(C)(C)C)C2. The number of hydrogen-bond acceptors (Lipinski definition) is 3. The Morgan fingerprint density at radius 2 is 2.04 bits per heavy atom. The third-order valence-electron chi connectivity index (χ3n) is 5.04. The normalized spacial score (nSPS) is 20.4. The second-order valence-electron chi connectivity index (χ2n) is 8.47. The quantitative estimate of drug-likeness (QED) is 0.933. The van der Waals surface area contributed by atoms with Gasteiger partial charge in [-0.1, -0.05) is 0 Å². The van der Waals surface area contributed by atoms with Crippen LogP contribution < -0.4 is 5.32 Å². The van der Waals surface area contributed by atoms with Crippen LogP contribution in [0.3, 0.4) is 0 Å². The first kappa shape index (κ1) is 16.4. The number of fused-ring (bicyclic) bond motifs is 1. The van der Waals surface area contributed by atoms with Crippen molar-refractivity contribution in [2.45, 2.75) is 77.4 Å². The van der Waals surface area contributed by atoms with Gasteiger partial charge in [0.25, 0.3) is 5.91 Å². The zero-order valence-corrected chi connectivity index (χ0v) is 15.5. The highest BCUT2D eigenvalue weighted by molar-refractivity contribution is 5.93. The van der Waals surface area contributed by atoms with E-state index in [0.29, 0.717) is 11.6 Å². The topological polar surface area (TPSA) is 64.7 Å². The van der Waals surface area contributed by atoms with Gasteiger partial charge < -0.3 is 9.88 Å². The van der Waals surface area contributed by atoms with E-state index in [4.69, 9.17) is 5.10 Å². The molecule has 0 unspecified atom stereocenters. The van der Waals surface area contributed by atoms with E-state index < -0.39 is 0 Å². The number of rotatable bonds is 3. The number of hydrogen-bond donors (Lipinski definition) is 1. The van der Waals surface area contributed by atoms with E-state index >= 15 is 0 Å². The fraction of sp³-hybridized carbons (Fsp3) is 0.632. The van der Waals surface area contributed by atoms with Crippen molar-refractivity contribution in [3.8, 4) is 0 Å². The number of carbonyl (C=O) groups excluding carboxylic acids is 1. The Hall–Kier alpha value is -2.11. The summed E-state index contributed by atoms with van der Waals surface area (Å²) in [6.45, 7) is 9.08. The summed E-state index contributed by atoms with van der Waals surface area (Å²) in [5, 5.41) is 7.96.